The van der Waals surface area contributed by atoms with E-state index in [2.05, 4.69) is 0 Å². The van der Waals surface area contributed by atoms with Crippen molar-refractivity contribution in [2.24, 2.45) is 5.92 Å². The standard InChI is InChI=1S/C26H27FN2O5S/c27-19-9-5-18(6-10-19)25-28-23(21-3-1-2-4-22(21)26(30)31)24(34-25)17-7-11-20(12-8-17)29-13-15-35(32,33)16-14-29/h5-12,21-22H,1-4,13-16H2,(H,30,31). The third kappa shape index (κ3) is 4.96. The van der Waals surface area contributed by atoms with Gasteiger partial charge in [-0.25, -0.2) is 17.8 Å². The van der Waals surface area contributed by atoms with E-state index in [4.69, 9.17) is 9.40 Å². The summed E-state index contributed by atoms with van der Waals surface area (Å²) in [6, 6.07) is 13.5. The molecule has 35 heavy (non-hydrogen) atoms. The van der Waals surface area contributed by atoms with Crippen LogP contribution < -0.4 is 4.90 Å². The van der Waals surface area contributed by atoms with Crippen molar-refractivity contribution in [2.75, 3.05) is 29.5 Å². The number of carboxylic acid groups (broad SMARTS) is 1. The van der Waals surface area contributed by atoms with E-state index in [9.17, 15) is 22.7 Å². The topological polar surface area (TPSA) is 101 Å². The summed E-state index contributed by atoms with van der Waals surface area (Å²) in [6.45, 7) is 0.901. The second-order valence-corrected chi connectivity index (χ2v) is 11.6. The van der Waals surface area contributed by atoms with Crippen LogP contribution in [0.25, 0.3) is 22.8 Å². The minimum atomic E-state index is -2.97. The van der Waals surface area contributed by atoms with E-state index in [1.54, 1.807) is 12.1 Å². The Kier molecular flexibility index (Phi) is 6.35. The molecule has 0 bridgehead atoms. The first-order chi connectivity index (χ1) is 16.8. The van der Waals surface area contributed by atoms with Crippen LogP contribution in [0.1, 0.15) is 37.3 Å². The van der Waals surface area contributed by atoms with Crippen molar-refractivity contribution in [1.82, 2.24) is 4.98 Å². The zero-order valence-electron chi connectivity index (χ0n) is 19.2. The average Bonchev–Trinajstić information content (AvgIpc) is 3.30. The zero-order chi connectivity index (χ0) is 24.6. The van der Waals surface area contributed by atoms with Crippen LogP contribution in [0.3, 0.4) is 0 Å². The molecule has 2 unspecified atom stereocenters. The number of sulfone groups is 1. The molecule has 2 atom stereocenters. The molecule has 0 amide bonds. The lowest BCUT2D eigenvalue weighted by atomic mass is 9.76. The summed E-state index contributed by atoms with van der Waals surface area (Å²) in [6.07, 6.45) is 3.09. The highest BCUT2D eigenvalue weighted by molar-refractivity contribution is 7.91. The lowest BCUT2D eigenvalue weighted by Crippen LogP contribution is -2.40. The summed E-state index contributed by atoms with van der Waals surface area (Å²) in [4.78, 5) is 18.8. The van der Waals surface area contributed by atoms with E-state index in [-0.39, 0.29) is 23.2 Å². The summed E-state index contributed by atoms with van der Waals surface area (Å²) in [5, 5.41) is 9.85. The molecule has 0 radical (unpaired) electrons. The Hall–Kier alpha value is -3.20. The highest BCUT2D eigenvalue weighted by atomic mass is 32.2. The Morgan fingerprint density at radius 3 is 2.26 bits per heavy atom. The van der Waals surface area contributed by atoms with Gasteiger partial charge in [0, 0.05) is 35.8 Å². The van der Waals surface area contributed by atoms with Gasteiger partial charge >= 0.3 is 5.97 Å². The molecule has 184 valence electrons. The van der Waals surface area contributed by atoms with Crippen LogP contribution in [0.5, 0.6) is 0 Å². The number of aromatic nitrogens is 1. The number of benzene rings is 2. The quantitative estimate of drug-likeness (QED) is 0.542. The molecule has 2 heterocycles. The molecule has 0 spiro atoms. The fourth-order valence-electron chi connectivity index (χ4n) is 5.05. The highest BCUT2D eigenvalue weighted by Gasteiger charge is 2.36. The number of carboxylic acids is 1. The second-order valence-electron chi connectivity index (χ2n) is 9.26. The second kappa shape index (κ2) is 9.45. The molecule has 1 aliphatic carbocycles. The van der Waals surface area contributed by atoms with Crippen molar-refractivity contribution in [2.45, 2.75) is 31.6 Å². The minimum absolute atomic E-state index is 0.139. The molecule has 1 saturated heterocycles. The molecule has 3 aromatic rings. The Morgan fingerprint density at radius 2 is 1.60 bits per heavy atom. The van der Waals surface area contributed by atoms with E-state index in [1.807, 2.05) is 29.2 Å². The van der Waals surface area contributed by atoms with Crippen LogP contribution in [0.2, 0.25) is 0 Å². The molecule has 9 heteroatoms. The molecule has 5 rings (SSSR count). The molecular formula is C26H27FN2O5S. The van der Waals surface area contributed by atoms with Crippen LogP contribution in [0.4, 0.5) is 10.1 Å². The maximum atomic E-state index is 13.5. The van der Waals surface area contributed by atoms with Crippen LogP contribution in [0, 0.1) is 11.7 Å². The summed E-state index contributed by atoms with van der Waals surface area (Å²) in [5.74, 6) is -0.877. The first-order valence-electron chi connectivity index (χ1n) is 11.9. The Bertz CT molecular complexity index is 1300. The molecule has 2 aliphatic rings. The van der Waals surface area contributed by atoms with Gasteiger partial charge in [-0.1, -0.05) is 12.8 Å². The van der Waals surface area contributed by atoms with Gasteiger partial charge in [-0.05, 0) is 61.4 Å². The van der Waals surface area contributed by atoms with Crippen molar-refractivity contribution in [3.05, 3.63) is 60.0 Å². The summed E-state index contributed by atoms with van der Waals surface area (Å²) >= 11 is 0. The zero-order valence-corrected chi connectivity index (χ0v) is 20.0. The predicted molar refractivity (Wildman–Crippen MR) is 131 cm³/mol. The van der Waals surface area contributed by atoms with E-state index in [0.29, 0.717) is 48.8 Å². The fraction of sp³-hybridized carbons (Fsp3) is 0.385. The van der Waals surface area contributed by atoms with Gasteiger partial charge in [0.05, 0.1) is 23.1 Å². The number of hydrogen-bond donors (Lipinski definition) is 1. The Labute approximate surface area is 203 Å². The van der Waals surface area contributed by atoms with Gasteiger partial charge in [0.1, 0.15) is 5.82 Å². The van der Waals surface area contributed by atoms with Gasteiger partial charge in [0.15, 0.2) is 15.6 Å². The van der Waals surface area contributed by atoms with Crippen molar-refractivity contribution in [3.63, 3.8) is 0 Å². The molecule has 7 nitrogen and oxygen atoms in total. The van der Waals surface area contributed by atoms with Crippen LogP contribution in [-0.2, 0) is 14.6 Å². The molecule has 1 N–H and O–H groups in total. The number of aliphatic carboxylic acids is 1. The van der Waals surface area contributed by atoms with Crippen molar-refractivity contribution >= 4 is 21.5 Å². The summed E-state index contributed by atoms with van der Waals surface area (Å²) < 4.78 is 43.2. The number of nitrogens with zero attached hydrogens (tertiary/aromatic N) is 2. The molecule has 2 aromatic carbocycles. The van der Waals surface area contributed by atoms with Crippen molar-refractivity contribution in [3.8, 4) is 22.8 Å². The lowest BCUT2D eigenvalue weighted by Gasteiger charge is -2.29. The van der Waals surface area contributed by atoms with Crippen LogP contribution in [-0.4, -0.2) is 49.1 Å². The maximum Gasteiger partial charge on any atom is 0.307 e. The summed E-state index contributed by atoms with van der Waals surface area (Å²) in [7, 11) is -2.97. The lowest BCUT2D eigenvalue weighted by molar-refractivity contribution is -0.143. The number of oxazole rings is 1. The van der Waals surface area contributed by atoms with E-state index in [0.717, 1.165) is 24.1 Å². The fourth-order valence-corrected chi connectivity index (χ4v) is 6.26. The number of hydrogen-bond acceptors (Lipinski definition) is 6. The molecular weight excluding hydrogens is 471 g/mol. The molecule has 1 aromatic heterocycles. The van der Waals surface area contributed by atoms with E-state index < -0.39 is 21.7 Å². The monoisotopic (exact) mass is 498 g/mol. The Morgan fingerprint density at radius 1 is 0.971 bits per heavy atom. The molecule has 2 fully saturated rings. The average molecular weight is 499 g/mol. The normalized spacial score (nSPS) is 22.1. The maximum absolute atomic E-state index is 13.5. The number of anilines is 1. The predicted octanol–water partition coefficient (Wildman–Crippen LogP) is 4.74. The third-order valence-electron chi connectivity index (χ3n) is 7.02. The van der Waals surface area contributed by atoms with Crippen LogP contribution in [0.15, 0.2) is 52.9 Å². The van der Waals surface area contributed by atoms with Gasteiger partial charge in [-0.2, -0.15) is 0 Å². The van der Waals surface area contributed by atoms with Gasteiger partial charge in [0.25, 0.3) is 0 Å². The molecule has 1 aliphatic heterocycles. The van der Waals surface area contributed by atoms with Gasteiger partial charge in [-0.3, -0.25) is 4.79 Å². The minimum Gasteiger partial charge on any atom is -0.481 e. The third-order valence-corrected chi connectivity index (χ3v) is 8.63. The van der Waals surface area contributed by atoms with Gasteiger partial charge < -0.3 is 14.4 Å². The molecule has 1 saturated carbocycles. The SMILES string of the molecule is O=C(O)C1CCCCC1c1nc(-c2ccc(F)cc2)oc1-c1ccc(N2CCS(=O)(=O)CC2)cc1. The number of halogens is 1. The van der Waals surface area contributed by atoms with E-state index in [1.165, 1.54) is 12.1 Å². The number of rotatable bonds is 5. The largest absolute Gasteiger partial charge is 0.481 e. The van der Waals surface area contributed by atoms with Crippen molar-refractivity contribution < 1.29 is 27.1 Å². The van der Waals surface area contributed by atoms with Crippen molar-refractivity contribution in [1.29, 1.82) is 0 Å². The summed E-state index contributed by atoms with van der Waals surface area (Å²) in [5.41, 5.74) is 2.93. The van der Waals surface area contributed by atoms with Gasteiger partial charge in [0.2, 0.25) is 5.89 Å². The smallest absolute Gasteiger partial charge is 0.307 e. The first kappa shape index (κ1) is 23.5. The highest BCUT2D eigenvalue weighted by Crippen LogP contribution is 2.43. The van der Waals surface area contributed by atoms with Gasteiger partial charge in [-0.15, -0.1) is 0 Å². The van der Waals surface area contributed by atoms with E-state index >= 15 is 0 Å². The van der Waals surface area contributed by atoms with Crippen LogP contribution >= 0.6 is 0 Å². The first-order valence-corrected chi connectivity index (χ1v) is 13.7. The number of carbonyl (C=O) groups is 1. The Balaban J connectivity index is 1.51.